The topological polar surface area (TPSA) is 49.8 Å². The summed E-state index contributed by atoms with van der Waals surface area (Å²) in [6.07, 6.45) is 0. The average Bonchev–Trinajstić information content (AvgIpc) is 2.44. The van der Waals surface area contributed by atoms with Crippen molar-refractivity contribution in [3.05, 3.63) is 48.0 Å². The van der Waals surface area contributed by atoms with E-state index in [1.165, 1.54) is 6.07 Å². The van der Waals surface area contributed by atoms with E-state index in [0.717, 1.165) is 22.4 Å². The molecule has 1 saturated heterocycles. The molecular formula is C18H17F2NO3. The molecule has 0 saturated carbocycles. The summed E-state index contributed by atoms with van der Waals surface area (Å²) in [6.45, 7) is 0.0443. The molecule has 0 atom stereocenters. The number of carboxylic acids is 1. The van der Waals surface area contributed by atoms with Gasteiger partial charge >= 0.3 is 12.6 Å². The lowest BCUT2D eigenvalue weighted by atomic mass is 9.96. The maximum atomic E-state index is 12.4. The molecule has 0 aliphatic carbocycles. The first kappa shape index (κ1) is 16.2. The van der Waals surface area contributed by atoms with Crippen molar-refractivity contribution in [2.24, 2.45) is 5.92 Å². The third-order valence-electron chi connectivity index (χ3n) is 4.05. The van der Waals surface area contributed by atoms with Crippen molar-refractivity contribution in [1.29, 1.82) is 0 Å². The molecule has 0 amide bonds. The number of carbonyl (C=O) groups is 1. The zero-order valence-electron chi connectivity index (χ0n) is 13.1. The lowest BCUT2D eigenvalue weighted by molar-refractivity contribution is -0.142. The maximum Gasteiger partial charge on any atom is 0.387 e. The molecule has 1 N–H and O–H groups in total. The van der Waals surface area contributed by atoms with E-state index in [-0.39, 0.29) is 11.7 Å². The Bertz CT molecular complexity index is 758. The van der Waals surface area contributed by atoms with Gasteiger partial charge in [0.25, 0.3) is 0 Å². The van der Waals surface area contributed by atoms with Crippen LogP contribution in [0.1, 0.15) is 5.56 Å². The molecule has 2 aromatic carbocycles. The van der Waals surface area contributed by atoms with Crippen molar-refractivity contribution in [3.8, 4) is 16.9 Å². The Balaban J connectivity index is 1.85. The fraction of sp³-hybridized carbons (Fsp3) is 0.278. The zero-order valence-corrected chi connectivity index (χ0v) is 13.1. The number of aliphatic carboxylic acids is 1. The number of hydrogen-bond acceptors (Lipinski definition) is 3. The zero-order chi connectivity index (χ0) is 17.3. The second kappa shape index (κ2) is 6.47. The Morgan fingerprint density at radius 2 is 1.96 bits per heavy atom. The van der Waals surface area contributed by atoms with Gasteiger partial charge in [0.1, 0.15) is 5.75 Å². The smallest absolute Gasteiger partial charge is 0.387 e. The number of alkyl halides is 2. The van der Waals surface area contributed by atoms with Gasteiger partial charge in [-0.25, -0.2) is 0 Å². The molecule has 1 fully saturated rings. The molecular weight excluding hydrogens is 316 g/mol. The fourth-order valence-corrected chi connectivity index (χ4v) is 2.81. The molecule has 3 rings (SSSR count). The fourth-order valence-electron chi connectivity index (χ4n) is 2.81. The second-order valence-electron chi connectivity index (χ2n) is 5.90. The molecule has 24 heavy (non-hydrogen) atoms. The van der Waals surface area contributed by atoms with Gasteiger partial charge < -0.3 is 14.7 Å². The summed E-state index contributed by atoms with van der Waals surface area (Å²) in [5.74, 6) is -1.01. The summed E-state index contributed by atoms with van der Waals surface area (Å²) in [5.41, 5.74) is 3.60. The molecule has 1 aliphatic rings. The standard InChI is InChI=1S/C18H17F2NO3/c1-11-5-13(12-3-2-4-16(8-12)24-18(19)20)7-15(6-11)21-9-14(10-21)17(22)23/h2-8,14,18H,9-10H2,1H3,(H,22,23). The Morgan fingerprint density at radius 3 is 2.62 bits per heavy atom. The number of rotatable bonds is 5. The molecule has 0 aromatic heterocycles. The molecule has 6 heteroatoms. The SMILES string of the molecule is Cc1cc(-c2cccc(OC(F)F)c2)cc(N2CC(C(=O)O)C2)c1. The summed E-state index contributed by atoms with van der Waals surface area (Å²) in [5, 5.41) is 8.99. The maximum absolute atomic E-state index is 12.4. The number of halogens is 2. The number of nitrogens with zero attached hydrogens (tertiary/aromatic N) is 1. The minimum Gasteiger partial charge on any atom is -0.481 e. The Hall–Kier alpha value is -2.63. The molecule has 1 aliphatic heterocycles. The summed E-state index contributed by atoms with van der Waals surface area (Å²) in [7, 11) is 0. The minimum absolute atomic E-state index is 0.112. The van der Waals surface area contributed by atoms with Gasteiger partial charge in [0.05, 0.1) is 5.92 Å². The van der Waals surface area contributed by atoms with Gasteiger partial charge in [0, 0.05) is 18.8 Å². The Morgan fingerprint density at radius 1 is 1.21 bits per heavy atom. The van der Waals surface area contributed by atoms with E-state index < -0.39 is 12.6 Å². The van der Waals surface area contributed by atoms with Crippen LogP contribution in [0.4, 0.5) is 14.5 Å². The van der Waals surface area contributed by atoms with Crippen molar-refractivity contribution >= 4 is 11.7 Å². The number of aryl methyl sites for hydroxylation is 1. The van der Waals surface area contributed by atoms with E-state index in [2.05, 4.69) is 4.74 Å². The highest BCUT2D eigenvalue weighted by Gasteiger charge is 2.32. The normalized spacial score (nSPS) is 14.6. The predicted octanol–water partition coefficient (Wildman–Crippen LogP) is 3.78. The number of carboxylic acid groups (broad SMARTS) is 1. The minimum atomic E-state index is -2.86. The lowest BCUT2D eigenvalue weighted by Gasteiger charge is -2.39. The Kier molecular flexibility index (Phi) is 4.38. The van der Waals surface area contributed by atoms with Crippen molar-refractivity contribution in [2.45, 2.75) is 13.5 Å². The van der Waals surface area contributed by atoms with Crippen LogP contribution in [0.5, 0.6) is 5.75 Å². The monoisotopic (exact) mass is 333 g/mol. The van der Waals surface area contributed by atoms with Gasteiger partial charge in [0.15, 0.2) is 0 Å². The van der Waals surface area contributed by atoms with E-state index in [0.29, 0.717) is 13.1 Å². The van der Waals surface area contributed by atoms with Crippen LogP contribution >= 0.6 is 0 Å². The molecule has 0 spiro atoms. The van der Waals surface area contributed by atoms with Crippen molar-refractivity contribution in [1.82, 2.24) is 0 Å². The molecule has 0 radical (unpaired) electrons. The van der Waals surface area contributed by atoms with Crippen LogP contribution in [-0.4, -0.2) is 30.8 Å². The van der Waals surface area contributed by atoms with Crippen LogP contribution in [0, 0.1) is 12.8 Å². The highest BCUT2D eigenvalue weighted by atomic mass is 19.3. The van der Waals surface area contributed by atoms with Gasteiger partial charge in [-0.3, -0.25) is 4.79 Å². The molecule has 2 aromatic rings. The number of benzene rings is 2. The highest BCUT2D eigenvalue weighted by molar-refractivity contribution is 5.76. The third-order valence-corrected chi connectivity index (χ3v) is 4.05. The van der Waals surface area contributed by atoms with Crippen LogP contribution in [0.3, 0.4) is 0 Å². The number of anilines is 1. The van der Waals surface area contributed by atoms with Crippen molar-refractivity contribution in [3.63, 3.8) is 0 Å². The summed E-state index contributed by atoms with van der Waals surface area (Å²) in [4.78, 5) is 12.9. The van der Waals surface area contributed by atoms with Gasteiger partial charge in [0.2, 0.25) is 0 Å². The van der Waals surface area contributed by atoms with Crippen LogP contribution in [0.15, 0.2) is 42.5 Å². The largest absolute Gasteiger partial charge is 0.481 e. The van der Waals surface area contributed by atoms with Crippen LogP contribution < -0.4 is 9.64 Å². The summed E-state index contributed by atoms with van der Waals surface area (Å²) in [6, 6.07) is 12.4. The number of hydrogen-bond donors (Lipinski definition) is 1. The lowest BCUT2D eigenvalue weighted by Crippen LogP contribution is -2.50. The Labute approximate surface area is 138 Å². The first-order chi connectivity index (χ1) is 11.4. The van der Waals surface area contributed by atoms with Gasteiger partial charge in [-0.1, -0.05) is 18.2 Å². The summed E-state index contributed by atoms with van der Waals surface area (Å²) >= 11 is 0. The molecule has 126 valence electrons. The van der Waals surface area contributed by atoms with E-state index >= 15 is 0 Å². The van der Waals surface area contributed by atoms with Crippen molar-refractivity contribution < 1.29 is 23.4 Å². The summed E-state index contributed by atoms with van der Waals surface area (Å²) < 4.78 is 29.2. The molecule has 4 nitrogen and oxygen atoms in total. The van der Waals surface area contributed by atoms with E-state index in [4.69, 9.17) is 5.11 Å². The van der Waals surface area contributed by atoms with Crippen LogP contribution in [-0.2, 0) is 4.79 Å². The van der Waals surface area contributed by atoms with Gasteiger partial charge in [-0.15, -0.1) is 0 Å². The van der Waals surface area contributed by atoms with E-state index in [1.54, 1.807) is 12.1 Å². The first-order valence-electron chi connectivity index (χ1n) is 7.57. The van der Waals surface area contributed by atoms with Gasteiger partial charge in [-0.05, 0) is 47.9 Å². The van der Waals surface area contributed by atoms with E-state index in [9.17, 15) is 13.6 Å². The molecule has 0 unspecified atom stereocenters. The molecule has 1 heterocycles. The first-order valence-corrected chi connectivity index (χ1v) is 7.57. The van der Waals surface area contributed by atoms with Gasteiger partial charge in [-0.2, -0.15) is 8.78 Å². The van der Waals surface area contributed by atoms with Crippen molar-refractivity contribution in [2.75, 3.05) is 18.0 Å². The van der Waals surface area contributed by atoms with Crippen LogP contribution in [0.2, 0.25) is 0 Å². The predicted molar refractivity (Wildman–Crippen MR) is 86.6 cm³/mol. The quantitative estimate of drug-likeness (QED) is 0.904. The number of ether oxygens (including phenoxy) is 1. The second-order valence-corrected chi connectivity index (χ2v) is 5.90. The third kappa shape index (κ3) is 3.48. The highest BCUT2D eigenvalue weighted by Crippen LogP contribution is 2.32. The average molecular weight is 333 g/mol. The van der Waals surface area contributed by atoms with Crippen LogP contribution in [0.25, 0.3) is 11.1 Å². The molecule has 0 bridgehead atoms. The van der Waals surface area contributed by atoms with E-state index in [1.807, 2.05) is 36.1 Å².